The van der Waals surface area contributed by atoms with Gasteiger partial charge in [-0.3, -0.25) is 0 Å². The number of unbranched alkanes of at least 4 members (excludes halogenated alkanes) is 2. The number of benzene rings is 1. The number of carbonyl (C=O) groups excluding carboxylic acids is 1. The summed E-state index contributed by atoms with van der Waals surface area (Å²) in [5.74, 6) is -0.229. The average molecular weight is 294 g/mol. The molecule has 0 saturated heterocycles. The summed E-state index contributed by atoms with van der Waals surface area (Å²) in [5, 5.41) is 2.96. The third-order valence-corrected chi connectivity index (χ3v) is 3.45. The highest BCUT2D eigenvalue weighted by atomic mass is 19.1. The van der Waals surface area contributed by atoms with Crippen molar-refractivity contribution in [1.82, 2.24) is 10.2 Å². The maximum absolute atomic E-state index is 12.8. The molecule has 21 heavy (non-hydrogen) atoms. The van der Waals surface area contributed by atoms with Crippen LogP contribution in [0.1, 0.15) is 45.1 Å². The first-order valence-electron chi connectivity index (χ1n) is 7.94. The molecule has 3 nitrogen and oxygen atoms in total. The molecule has 2 amide bonds. The minimum absolute atomic E-state index is 0.0130. The number of urea groups is 1. The lowest BCUT2D eigenvalue weighted by Crippen LogP contribution is -2.41. The lowest BCUT2D eigenvalue weighted by atomic mass is 10.1. The molecule has 0 bridgehead atoms. The molecular formula is C17H27FN2O. The SMILES string of the molecule is CCCCN(CCCC)C(=O)NCCc1ccc(F)cc1. The second-order valence-electron chi connectivity index (χ2n) is 5.30. The van der Waals surface area contributed by atoms with Crippen molar-refractivity contribution in [2.45, 2.75) is 46.0 Å². The Balaban J connectivity index is 2.35. The molecule has 0 heterocycles. The Bertz CT molecular complexity index is 398. The van der Waals surface area contributed by atoms with Gasteiger partial charge in [0.25, 0.3) is 0 Å². The van der Waals surface area contributed by atoms with E-state index in [1.807, 2.05) is 4.90 Å². The van der Waals surface area contributed by atoms with Crippen LogP contribution in [-0.4, -0.2) is 30.6 Å². The topological polar surface area (TPSA) is 32.3 Å². The van der Waals surface area contributed by atoms with Crippen LogP contribution < -0.4 is 5.32 Å². The van der Waals surface area contributed by atoms with E-state index in [-0.39, 0.29) is 11.8 Å². The Labute approximate surface area is 127 Å². The maximum Gasteiger partial charge on any atom is 0.317 e. The monoisotopic (exact) mass is 294 g/mol. The molecule has 0 aliphatic rings. The molecule has 0 aromatic heterocycles. The van der Waals surface area contributed by atoms with E-state index in [0.717, 1.165) is 50.8 Å². The zero-order chi connectivity index (χ0) is 15.5. The van der Waals surface area contributed by atoms with Gasteiger partial charge < -0.3 is 10.2 Å². The zero-order valence-corrected chi connectivity index (χ0v) is 13.2. The number of hydrogen-bond acceptors (Lipinski definition) is 1. The molecule has 0 fully saturated rings. The first-order chi connectivity index (χ1) is 10.2. The van der Waals surface area contributed by atoms with Crippen LogP contribution in [0.3, 0.4) is 0 Å². The van der Waals surface area contributed by atoms with Gasteiger partial charge in [-0.05, 0) is 37.0 Å². The van der Waals surface area contributed by atoms with Crippen molar-refractivity contribution >= 4 is 6.03 Å². The number of nitrogens with zero attached hydrogens (tertiary/aromatic N) is 1. The van der Waals surface area contributed by atoms with E-state index in [1.54, 1.807) is 12.1 Å². The minimum atomic E-state index is -0.229. The van der Waals surface area contributed by atoms with Crippen LogP contribution in [-0.2, 0) is 6.42 Å². The molecule has 1 N–H and O–H groups in total. The number of hydrogen-bond donors (Lipinski definition) is 1. The zero-order valence-electron chi connectivity index (χ0n) is 13.2. The summed E-state index contributed by atoms with van der Waals surface area (Å²) in [6, 6.07) is 6.43. The van der Waals surface area contributed by atoms with Crippen molar-refractivity contribution in [1.29, 1.82) is 0 Å². The Hall–Kier alpha value is -1.58. The standard InChI is InChI=1S/C17H27FN2O/c1-3-5-13-20(14-6-4-2)17(21)19-12-11-15-7-9-16(18)10-8-15/h7-10H,3-6,11-14H2,1-2H3,(H,19,21). The van der Waals surface area contributed by atoms with Crippen LogP contribution >= 0.6 is 0 Å². The Morgan fingerprint density at radius 2 is 1.67 bits per heavy atom. The molecule has 0 atom stereocenters. The van der Waals surface area contributed by atoms with Gasteiger partial charge in [0, 0.05) is 19.6 Å². The molecule has 0 unspecified atom stereocenters. The first kappa shape index (κ1) is 17.5. The predicted molar refractivity (Wildman–Crippen MR) is 84.9 cm³/mol. The third-order valence-electron chi connectivity index (χ3n) is 3.45. The Morgan fingerprint density at radius 3 is 2.19 bits per heavy atom. The largest absolute Gasteiger partial charge is 0.338 e. The van der Waals surface area contributed by atoms with Gasteiger partial charge in [-0.2, -0.15) is 0 Å². The van der Waals surface area contributed by atoms with Gasteiger partial charge in [-0.15, -0.1) is 0 Å². The van der Waals surface area contributed by atoms with Crippen LogP contribution in [0.5, 0.6) is 0 Å². The Morgan fingerprint density at radius 1 is 1.10 bits per heavy atom. The van der Waals surface area contributed by atoms with Crippen molar-refractivity contribution in [3.8, 4) is 0 Å². The molecule has 1 aromatic rings. The van der Waals surface area contributed by atoms with Gasteiger partial charge in [0.05, 0.1) is 0 Å². The second-order valence-corrected chi connectivity index (χ2v) is 5.30. The number of rotatable bonds is 9. The first-order valence-corrected chi connectivity index (χ1v) is 7.94. The van der Waals surface area contributed by atoms with Gasteiger partial charge in [-0.1, -0.05) is 38.8 Å². The van der Waals surface area contributed by atoms with E-state index >= 15 is 0 Å². The van der Waals surface area contributed by atoms with E-state index in [1.165, 1.54) is 12.1 Å². The number of halogens is 1. The smallest absolute Gasteiger partial charge is 0.317 e. The molecule has 0 aliphatic heterocycles. The third kappa shape index (κ3) is 7.11. The van der Waals surface area contributed by atoms with Crippen molar-refractivity contribution in [3.63, 3.8) is 0 Å². The minimum Gasteiger partial charge on any atom is -0.338 e. The molecule has 0 spiro atoms. The highest BCUT2D eigenvalue weighted by Gasteiger charge is 2.11. The fourth-order valence-corrected chi connectivity index (χ4v) is 2.09. The summed E-state index contributed by atoms with van der Waals surface area (Å²) >= 11 is 0. The average Bonchev–Trinajstić information content (AvgIpc) is 2.49. The normalized spacial score (nSPS) is 10.4. The van der Waals surface area contributed by atoms with Crippen molar-refractivity contribution in [3.05, 3.63) is 35.6 Å². The van der Waals surface area contributed by atoms with Crippen LogP contribution in [0.25, 0.3) is 0 Å². The van der Waals surface area contributed by atoms with E-state index in [2.05, 4.69) is 19.2 Å². The molecular weight excluding hydrogens is 267 g/mol. The molecule has 4 heteroatoms. The highest BCUT2D eigenvalue weighted by molar-refractivity contribution is 5.74. The summed E-state index contributed by atoms with van der Waals surface area (Å²) in [6.45, 7) is 6.48. The number of nitrogens with one attached hydrogen (secondary N) is 1. The summed E-state index contributed by atoms with van der Waals surface area (Å²) in [5.41, 5.74) is 1.03. The van der Waals surface area contributed by atoms with Crippen molar-refractivity contribution in [2.24, 2.45) is 0 Å². The lowest BCUT2D eigenvalue weighted by Gasteiger charge is -2.22. The van der Waals surface area contributed by atoms with E-state index < -0.39 is 0 Å². The lowest BCUT2D eigenvalue weighted by molar-refractivity contribution is 0.196. The number of amides is 2. The summed E-state index contributed by atoms with van der Waals surface area (Å²) in [6.07, 6.45) is 4.97. The summed E-state index contributed by atoms with van der Waals surface area (Å²) in [4.78, 5) is 14.1. The van der Waals surface area contributed by atoms with Crippen LogP contribution in [0.4, 0.5) is 9.18 Å². The van der Waals surface area contributed by atoms with Crippen LogP contribution in [0, 0.1) is 5.82 Å². The van der Waals surface area contributed by atoms with Crippen molar-refractivity contribution in [2.75, 3.05) is 19.6 Å². The van der Waals surface area contributed by atoms with Gasteiger partial charge in [0.1, 0.15) is 5.82 Å². The van der Waals surface area contributed by atoms with Gasteiger partial charge in [0.2, 0.25) is 0 Å². The van der Waals surface area contributed by atoms with Crippen molar-refractivity contribution < 1.29 is 9.18 Å². The molecule has 1 aromatic carbocycles. The molecule has 1 rings (SSSR count). The predicted octanol–water partition coefficient (Wildman–Crippen LogP) is 3.98. The van der Waals surface area contributed by atoms with E-state index in [0.29, 0.717) is 6.54 Å². The fourth-order valence-electron chi connectivity index (χ4n) is 2.09. The molecule has 0 aliphatic carbocycles. The van der Waals surface area contributed by atoms with E-state index in [4.69, 9.17) is 0 Å². The second kappa shape index (κ2) is 10.2. The molecule has 0 saturated carbocycles. The number of carbonyl (C=O) groups is 1. The highest BCUT2D eigenvalue weighted by Crippen LogP contribution is 2.03. The maximum atomic E-state index is 12.8. The van der Waals surface area contributed by atoms with Gasteiger partial charge >= 0.3 is 6.03 Å². The summed E-state index contributed by atoms with van der Waals surface area (Å²) in [7, 11) is 0. The van der Waals surface area contributed by atoms with Crippen LogP contribution in [0.2, 0.25) is 0 Å². The quantitative estimate of drug-likeness (QED) is 0.734. The van der Waals surface area contributed by atoms with Crippen LogP contribution in [0.15, 0.2) is 24.3 Å². The summed E-state index contributed by atoms with van der Waals surface area (Å²) < 4.78 is 12.8. The van der Waals surface area contributed by atoms with E-state index in [9.17, 15) is 9.18 Å². The molecule has 0 radical (unpaired) electrons. The van der Waals surface area contributed by atoms with Gasteiger partial charge in [0.15, 0.2) is 0 Å². The fraction of sp³-hybridized carbons (Fsp3) is 0.588. The Kier molecular flexibility index (Phi) is 8.48. The van der Waals surface area contributed by atoms with Gasteiger partial charge in [-0.25, -0.2) is 9.18 Å². The molecule has 118 valence electrons.